The summed E-state index contributed by atoms with van der Waals surface area (Å²) >= 11 is 0. The maximum Gasteiger partial charge on any atom is 0.343 e. The van der Waals surface area contributed by atoms with Gasteiger partial charge < -0.3 is 35.0 Å². The van der Waals surface area contributed by atoms with Crippen molar-refractivity contribution < 1.29 is 44.6 Å². The van der Waals surface area contributed by atoms with Crippen LogP contribution in [0.3, 0.4) is 0 Å². The van der Waals surface area contributed by atoms with E-state index < -0.39 is 11.9 Å². The number of ether oxygens (including phenoxy) is 2. The molecular weight excluding hydrogens is 1240 g/mol. The molecule has 1 unspecified atom stereocenters. The van der Waals surface area contributed by atoms with Crippen LogP contribution in [0.4, 0.5) is 0 Å². The third-order valence-corrected chi connectivity index (χ3v) is 19.5. The summed E-state index contributed by atoms with van der Waals surface area (Å²) in [6, 6.07) is 34.9. The largest absolute Gasteiger partial charge is 0.508 e. The molecule has 0 aliphatic heterocycles. The molecule has 0 aliphatic carbocycles. The van der Waals surface area contributed by atoms with Crippen LogP contribution in [0.1, 0.15) is 308 Å². The van der Waals surface area contributed by atoms with Crippen molar-refractivity contribution in [3.63, 3.8) is 0 Å². The fourth-order valence-electron chi connectivity index (χ4n) is 14.0. The SMILES string of the molecule is Cc1cc(Cc2cc(C)cc(C(C)(C)C)c2OC(=O)c2ccc(C(=O)Oc3c(Cc4cc(C)cc(C(C)(C)C)c4O)cc(C)cc3C(C)(C)C)cc2)c(O)c(C(C)(C)C)c1.Cc1cc(O)c(C(C)(C)C)cc1C(C)CC(c1cc(C(C)(C)C)c(O)cc1C)c1cc(C(C)(C)C)c(O)cc1C. The lowest BCUT2D eigenvalue weighted by Crippen LogP contribution is -2.19. The lowest BCUT2D eigenvalue weighted by Gasteiger charge is -2.31. The van der Waals surface area contributed by atoms with Gasteiger partial charge in [-0.3, -0.25) is 0 Å². The van der Waals surface area contributed by atoms with Gasteiger partial charge >= 0.3 is 11.9 Å². The first-order valence-electron chi connectivity index (χ1n) is 35.7. The summed E-state index contributed by atoms with van der Waals surface area (Å²) < 4.78 is 12.6. The predicted molar refractivity (Wildman–Crippen MR) is 414 cm³/mol. The van der Waals surface area contributed by atoms with Crippen LogP contribution in [0.2, 0.25) is 0 Å². The first-order valence-corrected chi connectivity index (χ1v) is 35.7. The first-order chi connectivity index (χ1) is 45.7. The quantitative estimate of drug-likeness (QED) is 0.0561. The summed E-state index contributed by atoms with van der Waals surface area (Å²) in [5.74, 6) is 1.59. The molecule has 0 saturated heterocycles. The summed E-state index contributed by atoms with van der Waals surface area (Å²) in [4.78, 5) is 28.0. The van der Waals surface area contributed by atoms with Crippen molar-refractivity contribution in [2.75, 3.05) is 0 Å². The maximum atomic E-state index is 14.0. The molecule has 0 spiro atoms. The number of esters is 2. The van der Waals surface area contributed by atoms with Gasteiger partial charge in [0.1, 0.15) is 40.2 Å². The number of hydrogen-bond acceptors (Lipinski definition) is 9. The monoisotopic (exact) mass is 1350 g/mol. The zero-order valence-electron chi connectivity index (χ0n) is 66.0. The molecule has 0 saturated carbocycles. The Morgan fingerprint density at radius 3 is 0.860 bits per heavy atom. The second-order valence-corrected chi connectivity index (χ2v) is 36.1. The van der Waals surface area contributed by atoms with Gasteiger partial charge in [0.15, 0.2) is 0 Å². The lowest BCUT2D eigenvalue weighted by molar-refractivity contribution is 0.0716. The van der Waals surface area contributed by atoms with Crippen LogP contribution in [-0.2, 0) is 50.7 Å². The molecule has 9 heteroatoms. The maximum absolute atomic E-state index is 14.0. The second kappa shape index (κ2) is 29.0. The Hall–Kier alpha value is -8.30. The molecule has 1 atom stereocenters. The topological polar surface area (TPSA) is 154 Å². The van der Waals surface area contributed by atoms with Gasteiger partial charge in [0.05, 0.1) is 11.1 Å². The van der Waals surface area contributed by atoms with Crippen molar-refractivity contribution in [3.05, 3.63) is 237 Å². The van der Waals surface area contributed by atoms with Gasteiger partial charge in [0.25, 0.3) is 0 Å². The van der Waals surface area contributed by atoms with Gasteiger partial charge in [0.2, 0.25) is 0 Å². The molecule has 0 fully saturated rings. The second-order valence-electron chi connectivity index (χ2n) is 36.1. The molecule has 8 aromatic carbocycles. The van der Waals surface area contributed by atoms with Crippen LogP contribution in [0.15, 0.2) is 109 Å². The van der Waals surface area contributed by atoms with E-state index in [1.807, 2.05) is 82.3 Å². The number of benzene rings is 8. The number of aryl methyl sites for hydroxylation is 7. The number of aromatic hydroxyl groups is 5. The molecule has 0 heterocycles. The molecular formula is C91H118O9. The van der Waals surface area contributed by atoms with Crippen LogP contribution < -0.4 is 9.47 Å². The lowest BCUT2D eigenvalue weighted by atomic mass is 9.74. The Labute approximate surface area is 600 Å². The van der Waals surface area contributed by atoms with E-state index in [9.17, 15) is 35.1 Å². The van der Waals surface area contributed by atoms with E-state index in [-0.39, 0.29) is 72.4 Å². The molecule has 8 rings (SSSR count). The van der Waals surface area contributed by atoms with Crippen LogP contribution in [0, 0.1) is 48.5 Å². The molecule has 5 N–H and O–H groups in total. The minimum atomic E-state index is -0.558. The molecule has 0 amide bonds. The molecule has 536 valence electrons. The zero-order valence-corrected chi connectivity index (χ0v) is 66.0. The highest BCUT2D eigenvalue weighted by atomic mass is 16.5. The highest BCUT2D eigenvalue weighted by Gasteiger charge is 2.33. The van der Waals surface area contributed by atoms with Crippen molar-refractivity contribution in [3.8, 4) is 40.2 Å². The fraction of sp³-hybridized carbons (Fsp3) is 0.451. The predicted octanol–water partition coefficient (Wildman–Crippen LogP) is 23.1. The van der Waals surface area contributed by atoms with E-state index in [1.165, 1.54) is 16.7 Å². The normalized spacial score (nSPS) is 12.9. The van der Waals surface area contributed by atoms with Gasteiger partial charge in [-0.15, -0.1) is 0 Å². The molecule has 0 radical (unpaired) electrons. The molecule has 9 nitrogen and oxygen atoms in total. The number of phenols is 5. The Balaban J connectivity index is 0.000000305. The van der Waals surface area contributed by atoms with Gasteiger partial charge in [-0.2, -0.15) is 0 Å². The van der Waals surface area contributed by atoms with E-state index in [0.717, 1.165) is 107 Å². The molecule has 8 aromatic rings. The number of phenolic OH excluding ortho intramolecular Hbond substituents is 5. The molecule has 0 aliphatic rings. The Bertz CT molecular complexity index is 4130. The Morgan fingerprint density at radius 1 is 0.330 bits per heavy atom. The summed E-state index contributed by atoms with van der Waals surface area (Å²) in [5.41, 5.74) is 19.2. The smallest absolute Gasteiger partial charge is 0.343 e. The van der Waals surface area contributed by atoms with Gasteiger partial charge in [-0.1, -0.05) is 241 Å². The molecule has 0 aromatic heterocycles. The number of carbonyl (C=O) groups excluding carboxylic acids is 2. The third-order valence-electron chi connectivity index (χ3n) is 19.5. The summed E-state index contributed by atoms with van der Waals surface area (Å²) in [6.07, 6.45) is 1.58. The molecule has 100 heavy (non-hydrogen) atoms. The number of rotatable bonds is 13. The minimum absolute atomic E-state index is 0.0460. The van der Waals surface area contributed by atoms with E-state index >= 15 is 0 Å². The molecule has 0 bridgehead atoms. The van der Waals surface area contributed by atoms with Gasteiger partial charge in [0, 0.05) is 41.0 Å². The van der Waals surface area contributed by atoms with E-state index in [0.29, 0.717) is 41.6 Å². The van der Waals surface area contributed by atoms with Crippen LogP contribution in [0.25, 0.3) is 0 Å². The van der Waals surface area contributed by atoms with Crippen LogP contribution in [-0.4, -0.2) is 37.5 Å². The zero-order chi connectivity index (χ0) is 75.4. The van der Waals surface area contributed by atoms with Crippen molar-refractivity contribution in [2.45, 2.75) is 270 Å². The highest BCUT2D eigenvalue weighted by molar-refractivity contribution is 5.95. The average Bonchev–Trinajstić information content (AvgIpc) is 0.778. The van der Waals surface area contributed by atoms with Crippen molar-refractivity contribution in [1.29, 1.82) is 0 Å². The standard InChI is InChI=1S/C54H66O6.C37H52O3/c1-31-21-37(45(55)41(25-31)51(5,6)7)29-39-23-33(3)27-43(53(11,12)13)47(39)59-49(57)35-17-19-36(20-18-35)50(58)60-48-40(24-34(4)28-44(48)54(14,15)16)30-38-22-32(2)26-42(46(38)56)52(8,9)10;1-21(25-18-29(35(5,6)7)32(38)15-22(25)2)14-28(26-19-30(36(8,9)10)33(39)16-23(26)3)27-20-31(37(11,12)13)34(40)17-24(27)4/h17-28,55-56H,29-30H2,1-16H3;15-21,28,38-40H,14H2,1-13H3. The van der Waals surface area contributed by atoms with Crippen molar-refractivity contribution in [2.24, 2.45) is 0 Å². The fourth-order valence-corrected chi connectivity index (χ4v) is 14.0. The summed E-state index contributed by atoms with van der Waals surface area (Å²) in [6.45, 7) is 60.9. The Kier molecular flexibility index (Phi) is 22.9. The van der Waals surface area contributed by atoms with Crippen LogP contribution in [0.5, 0.6) is 40.2 Å². The van der Waals surface area contributed by atoms with Crippen molar-refractivity contribution >= 4 is 11.9 Å². The Morgan fingerprint density at radius 2 is 0.580 bits per heavy atom. The van der Waals surface area contributed by atoms with E-state index in [1.54, 1.807) is 24.3 Å². The first kappa shape index (κ1) is 79.0. The van der Waals surface area contributed by atoms with E-state index in [2.05, 4.69) is 203 Å². The highest BCUT2D eigenvalue weighted by Crippen LogP contribution is 2.48. The van der Waals surface area contributed by atoms with Gasteiger partial charge in [-0.25, -0.2) is 9.59 Å². The third kappa shape index (κ3) is 18.4. The minimum Gasteiger partial charge on any atom is -0.508 e. The van der Waals surface area contributed by atoms with Crippen LogP contribution >= 0.6 is 0 Å². The van der Waals surface area contributed by atoms with E-state index in [4.69, 9.17) is 9.47 Å². The number of hydrogen-bond donors (Lipinski definition) is 5. The van der Waals surface area contributed by atoms with Gasteiger partial charge in [-0.05, 0) is 213 Å². The van der Waals surface area contributed by atoms with Crippen molar-refractivity contribution in [1.82, 2.24) is 0 Å². The summed E-state index contributed by atoms with van der Waals surface area (Å²) in [7, 11) is 0. The number of carbonyl (C=O) groups is 2. The summed E-state index contributed by atoms with van der Waals surface area (Å²) in [5, 5.41) is 55.5. The average molecular weight is 1360 g/mol.